The number of carboxylic acid groups (broad SMARTS) is 1. The molecule has 1 saturated heterocycles. The minimum Gasteiger partial charge on any atom is -0.480 e. The monoisotopic (exact) mass is 289 g/mol. The lowest BCUT2D eigenvalue weighted by Crippen LogP contribution is -2.57. The van der Waals surface area contributed by atoms with Gasteiger partial charge in [-0.3, -0.25) is 4.79 Å². The van der Waals surface area contributed by atoms with Gasteiger partial charge in [0.05, 0.1) is 0 Å². The first-order valence-electron chi connectivity index (χ1n) is 6.75. The molecule has 2 aromatic rings. The van der Waals surface area contributed by atoms with Gasteiger partial charge in [-0.05, 0) is 32.3 Å². The predicted molar refractivity (Wildman–Crippen MR) is 71.7 cm³/mol. The molecule has 2 aromatic heterocycles. The molecule has 0 spiro atoms. The quantitative estimate of drug-likeness (QED) is 0.868. The number of carbonyl (C=O) groups is 2. The normalized spacial score (nSPS) is 22.4. The molecule has 0 unspecified atom stereocenters. The number of amides is 1. The van der Waals surface area contributed by atoms with Crippen molar-refractivity contribution in [1.29, 1.82) is 0 Å². The Hall–Kier alpha value is -2.51. The average Bonchev–Trinajstić information content (AvgIpc) is 2.91. The number of carbonyl (C=O) groups excluding carboxylic acids is 1. The summed E-state index contributed by atoms with van der Waals surface area (Å²) in [4.78, 5) is 33.6. The Balaban J connectivity index is 1.97. The van der Waals surface area contributed by atoms with Gasteiger partial charge in [0.2, 0.25) is 5.82 Å². The molecular formula is C13H15N5O3. The van der Waals surface area contributed by atoms with Crippen molar-refractivity contribution in [2.75, 3.05) is 6.54 Å². The van der Waals surface area contributed by atoms with E-state index in [1.54, 1.807) is 25.4 Å². The number of fused-ring (bicyclic) bond motifs is 1. The molecular weight excluding hydrogens is 274 g/mol. The predicted octanol–water partition coefficient (Wildman–Crippen LogP) is 0.594. The highest BCUT2D eigenvalue weighted by molar-refractivity contribution is 5.95. The highest BCUT2D eigenvalue weighted by atomic mass is 16.4. The van der Waals surface area contributed by atoms with Gasteiger partial charge in [-0.25, -0.2) is 14.3 Å². The minimum absolute atomic E-state index is 0.0249. The van der Waals surface area contributed by atoms with Crippen LogP contribution in [0.4, 0.5) is 0 Å². The van der Waals surface area contributed by atoms with Gasteiger partial charge in [0.1, 0.15) is 5.54 Å². The molecule has 1 aliphatic heterocycles. The van der Waals surface area contributed by atoms with Gasteiger partial charge in [0.25, 0.3) is 11.7 Å². The molecule has 3 heterocycles. The van der Waals surface area contributed by atoms with Crippen LogP contribution in [0.3, 0.4) is 0 Å². The van der Waals surface area contributed by atoms with Crippen LogP contribution in [0, 0.1) is 0 Å². The van der Waals surface area contributed by atoms with Gasteiger partial charge < -0.3 is 10.0 Å². The van der Waals surface area contributed by atoms with E-state index in [1.807, 2.05) is 0 Å². The van der Waals surface area contributed by atoms with Crippen molar-refractivity contribution in [3.05, 3.63) is 24.3 Å². The first kappa shape index (κ1) is 13.5. The van der Waals surface area contributed by atoms with Crippen molar-refractivity contribution in [3.63, 3.8) is 0 Å². The first-order valence-corrected chi connectivity index (χ1v) is 6.75. The zero-order valence-electron chi connectivity index (χ0n) is 11.6. The summed E-state index contributed by atoms with van der Waals surface area (Å²) in [6.07, 6.45) is 5.19. The number of rotatable bonds is 2. The summed E-state index contributed by atoms with van der Waals surface area (Å²) in [7, 11) is 0. The summed E-state index contributed by atoms with van der Waals surface area (Å²) < 4.78 is 1.40. The fourth-order valence-corrected chi connectivity index (χ4v) is 2.61. The van der Waals surface area contributed by atoms with Crippen LogP contribution in [-0.4, -0.2) is 53.5 Å². The van der Waals surface area contributed by atoms with Crippen LogP contribution in [0.5, 0.6) is 0 Å². The molecule has 0 radical (unpaired) electrons. The van der Waals surface area contributed by atoms with E-state index >= 15 is 0 Å². The van der Waals surface area contributed by atoms with Crippen LogP contribution >= 0.6 is 0 Å². The second kappa shape index (κ2) is 4.80. The van der Waals surface area contributed by atoms with E-state index in [2.05, 4.69) is 15.1 Å². The van der Waals surface area contributed by atoms with E-state index in [0.717, 1.165) is 12.8 Å². The van der Waals surface area contributed by atoms with Gasteiger partial charge in [0, 0.05) is 18.9 Å². The number of nitrogens with zero attached hydrogens (tertiary/aromatic N) is 5. The lowest BCUT2D eigenvalue weighted by molar-refractivity contribution is -0.150. The summed E-state index contributed by atoms with van der Waals surface area (Å²) in [6, 6.07) is 1.68. The van der Waals surface area contributed by atoms with Crippen LogP contribution in [0.2, 0.25) is 0 Å². The summed E-state index contributed by atoms with van der Waals surface area (Å²) in [5, 5.41) is 13.5. The third-order valence-electron chi connectivity index (χ3n) is 3.90. The Morgan fingerprint density at radius 1 is 1.38 bits per heavy atom. The molecule has 1 fully saturated rings. The van der Waals surface area contributed by atoms with E-state index < -0.39 is 17.4 Å². The Morgan fingerprint density at radius 3 is 2.90 bits per heavy atom. The van der Waals surface area contributed by atoms with Crippen LogP contribution in [0.25, 0.3) is 5.78 Å². The molecule has 110 valence electrons. The molecule has 21 heavy (non-hydrogen) atoms. The highest BCUT2D eigenvalue weighted by Crippen LogP contribution is 2.29. The lowest BCUT2D eigenvalue weighted by Gasteiger charge is -2.40. The van der Waals surface area contributed by atoms with Gasteiger partial charge >= 0.3 is 5.97 Å². The van der Waals surface area contributed by atoms with E-state index in [4.69, 9.17) is 0 Å². The second-order valence-corrected chi connectivity index (χ2v) is 5.29. The number of aromatic nitrogens is 4. The van der Waals surface area contributed by atoms with E-state index in [1.165, 1.54) is 9.42 Å². The standard InChI is InChI=1S/C13H15N5O3/c1-13(11(20)21)5-2-3-7-17(13)10(19)9-15-12-14-6-4-8-18(12)16-9/h4,6,8H,2-3,5,7H2,1H3,(H,20,21)/t13-/m1/s1. The van der Waals surface area contributed by atoms with Crippen LogP contribution in [0.1, 0.15) is 36.8 Å². The zero-order chi connectivity index (χ0) is 15.0. The van der Waals surface area contributed by atoms with Crippen LogP contribution in [-0.2, 0) is 4.79 Å². The first-order chi connectivity index (χ1) is 10.0. The third kappa shape index (κ3) is 2.12. The SMILES string of the molecule is C[C@]1(C(=O)O)CCCCN1C(=O)c1nc2ncccn2n1. The molecule has 1 atom stereocenters. The Kier molecular flexibility index (Phi) is 3.08. The van der Waals surface area contributed by atoms with Crippen molar-refractivity contribution in [3.8, 4) is 0 Å². The molecule has 8 heteroatoms. The van der Waals surface area contributed by atoms with Gasteiger partial charge in [-0.15, -0.1) is 5.10 Å². The maximum atomic E-state index is 12.6. The van der Waals surface area contributed by atoms with Gasteiger partial charge in [0.15, 0.2) is 0 Å². The Labute approximate surface area is 120 Å². The smallest absolute Gasteiger partial charge is 0.329 e. The van der Waals surface area contributed by atoms with Crippen molar-refractivity contribution in [2.24, 2.45) is 0 Å². The molecule has 1 N–H and O–H groups in total. The average molecular weight is 289 g/mol. The summed E-state index contributed by atoms with van der Waals surface area (Å²) in [5.74, 6) is -1.18. The maximum Gasteiger partial charge on any atom is 0.329 e. The lowest BCUT2D eigenvalue weighted by atomic mass is 9.88. The van der Waals surface area contributed by atoms with E-state index in [-0.39, 0.29) is 5.82 Å². The number of carboxylic acids is 1. The maximum absolute atomic E-state index is 12.6. The van der Waals surface area contributed by atoms with Gasteiger partial charge in [-0.2, -0.15) is 4.98 Å². The molecule has 1 aliphatic rings. The summed E-state index contributed by atoms with van der Waals surface area (Å²) in [5.41, 5.74) is -1.21. The molecule has 0 aromatic carbocycles. The summed E-state index contributed by atoms with van der Waals surface area (Å²) >= 11 is 0. The van der Waals surface area contributed by atoms with E-state index in [9.17, 15) is 14.7 Å². The van der Waals surface area contributed by atoms with E-state index in [0.29, 0.717) is 18.7 Å². The Morgan fingerprint density at radius 2 is 2.19 bits per heavy atom. The topological polar surface area (TPSA) is 101 Å². The van der Waals surface area contributed by atoms with Crippen molar-refractivity contribution >= 4 is 17.7 Å². The molecule has 0 bridgehead atoms. The number of piperidine rings is 1. The van der Waals surface area contributed by atoms with Crippen LogP contribution in [0.15, 0.2) is 18.5 Å². The van der Waals surface area contributed by atoms with Crippen molar-refractivity contribution in [1.82, 2.24) is 24.5 Å². The molecule has 3 rings (SSSR count). The van der Waals surface area contributed by atoms with Crippen LogP contribution < -0.4 is 0 Å². The fourth-order valence-electron chi connectivity index (χ4n) is 2.61. The number of hydrogen-bond donors (Lipinski definition) is 1. The second-order valence-electron chi connectivity index (χ2n) is 5.29. The number of aliphatic carboxylic acids is 1. The zero-order valence-corrected chi connectivity index (χ0v) is 11.6. The Bertz CT molecular complexity index is 680. The largest absolute Gasteiger partial charge is 0.480 e. The fraction of sp³-hybridized carbons (Fsp3) is 0.462. The minimum atomic E-state index is -1.21. The molecule has 0 saturated carbocycles. The highest BCUT2D eigenvalue weighted by Gasteiger charge is 2.45. The number of hydrogen-bond acceptors (Lipinski definition) is 5. The van der Waals surface area contributed by atoms with Gasteiger partial charge in [-0.1, -0.05) is 0 Å². The third-order valence-corrected chi connectivity index (χ3v) is 3.90. The molecule has 0 aliphatic carbocycles. The summed E-state index contributed by atoms with van der Waals surface area (Å²) in [6.45, 7) is 1.96. The molecule has 8 nitrogen and oxygen atoms in total. The number of likely N-dealkylation sites (tertiary alicyclic amines) is 1. The van der Waals surface area contributed by atoms with Crippen molar-refractivity contribution < 1.29 is 14.7 Å². The van der Waals surface area contributed by atoms with Crippen molar-refractivity contribution in [2.45, 2.75) is 31.7 Å². The molecule has 1 amide bonds.